The van der Waals surface area contributed by atoms with Crippen LogP contribution in [0, 0.1) is 0 Å². The van der Waals surface area contributed by atoms with Gasteiger partial charge in [0.1, 0.15) is 5.60 Å². The lowest BCUT2D eigenvalue weighted by Crippen LogP contribution is -2.58. The average Bonchev–Trinajstić information content (AvgIpc) is 3.35. The van der Waals surface area contributed by atoms with Crippen LogP contribution in [0.2, 0.25) is 0 Å². The van der Waals surface area contributed by atoms with Crippen LogP contribution < -0.4 is 10.6 Å². The van der Waals surface area contributed by atoms with Gasteiger partial charge in [-0.05, 0) is 80.8 Å². The largest absolute Gasteiger partial charge is 0.444 e. The molecular formula is C33H36N6O2. The van der Waals surface area contributed by atoms with Gasteiger partial charge in [-0.1, -0.05) is 36.4 Å². The second-order valence-electron chi connectivity index (χ2n) is 12.0. The van der Waals surface area contributed by atoms with Crippen LogP contribution in [0.15, 0.2) is 79.3 Å². The highest BCUT2D eigenvalue weighted by Gasteiger charge is 2.34. The van der Waals surface area contributed by atoms with Gasteiger partial charge in [-0.15, -0.1) is 0 Å². The first-order valence-electron chi connectivity index (χ1n) is 14.1. The Morgan fingerprint density at radius 1 is 0.927 bits per heavy atom. The summed E-state index contributed by atoms with van der Waals surface area (Å²) in [5.41, 5.74) is 12.4. The highest BCUT2D eigenvalue weighted by Crippen LogP contribution is 2.34. The number of amides is 1. The SMILES string of the molecule is C[C@@H]1CN(C(=O)OC(C)(C)C)C[C@H](C)N1c1ccc(-c2cnc3c(-c4cc(N)cc5ccccc45)cnn3c2)cc1. The van der Waals surface area contributed by atoms with E-state index >= 15 is 0 Å². The fraction of sp³-hybridized carbons (Fsp3) is 0.303. The summed E-state index contributed by atoms with van der Waals surface area (Å²) in [6, 6.07) is 21.0. The Morgan fingerprint density at radius 2 is 1.63 bits per heavy atom. The van der Waals surface area contributed by atoms with Crippen molar-refractivity contribution in [3.05, 3.63) is 79.3 Å². The predicted octanol–water partition coefficient (Wildman–Crippen LogP) is 6.63. The van der Waals surface area contributed by atoms with Gasteiger partial charge >= 0.3 is 6.09 Å². The van der Waals surface area contributed by atoms with Crippen LogP contribution in [0.5, 0.6) is 0 Å². The fourth-order valence-corrected chi connectivity index (χ4v) is 5.90. The molecule has 1 amide bonds. The van der Waals surface area contributed by atoms with Crippen molar-refractivity contribution in [1.29, 1.82) is 0 Å². The van der Waals surface area contributed by atoms with Crippen LogP contribution in [0.1, 0.15) is 34.6 Å². The number of aromatic nitrogens is 3. The Hall–Kier alpha value is -4.59. The van der Waals surface area contributed by atoms with E-state index in [-0.39, 0.29) is 18.2 Å². The Morgan fingerprint density at radius 3 is 2.34 bits per heavy atom. The molecule has 1 aliphatic heterocycles. The first-order valence-corrected chi connectivity index (χ1v) is 14.1. The molecular weight excluding hydrogens is 512 g/mol. The first kappa shape index (κ1) is 26.6. The van der Waals surface area contributed by atoms with Crippen LogP contribution >= 0.6 is 0 Å². The summed E-state index contributed by atoms with van der Waals surface area (Å²) in [6.45, 7) is 11.2. The van der Waals surface area contributed by atoms with E-state index in [1.165, 1.54) is 0 Å². The maximum atomic E-state index is 12.7. The van der Waals surface area contributed by atoms with Crippen LogP contribution in [0.3, 0.4) is 0 Å². The number of carbonyl (C=O) groups is 1. The van der Waals surface area contributed by atoms with Crippen molar-refractivity contribution < 1.29 is 9.53 Å². The second-order valence-corrected chi connectivity index (χ2v) is 12.0. The van der Waals surface area contributed by atoms with E-state index in [9.17, 15) is 4.79 Å². The van der Waals surface area contributed by atoms with Crippen LogP contribution in [0.4, 0.5) is 16.2 Å². The molecule has 1 aliphatic rings. The van der Waals surface area contributed by atoms with Crippen molar-refractivity contribution in [2.75, 3.05) is 23.7 Å². The zero-order valence-corrected chi connectivity index (χ0v) is 24.2. The molecule has 5 aromatic rings. The third-order valence-corrected chi connectivity index (χ3v) is 7.60. The summed E-state index contributed by atoms with van der Waals surface area (Å²) < 4.78 is 7.44. The number of rotatable bonds is 3. The summed E-state index contributed by atoms with van der Waals surface area (Å²) in [5.74, 6) is 0. The number of piperazine rings is 1. The number of ether oxygens (including phenoxy) is 1. The number of fused-ring (bicyclic) bond motifs is 2. The monoisotopic (exact) mass is 548 g/mol. The third-order valence-electron chi connectivity index (χ3n) is 7.60. The molecule has 6 rings (SSSR count). The Kier molecular flexibility index (Phi) is 6.56. The quantitative estimate of drug-likeness (QED) is 0.255. The summed E-state index contributed by atoms with van der Waals surface area (Å²) in [7, 11) is 0. The van der Waals surface area contributed by atoms with Crippen LogP contribution in [0.25, 0.3) is 38.7 Å². The summed E-state index contributed by atoms with van der Waals surface area (Å²) >= 11 is 0. The Balaban J connectivity index is 1.23. The van der Waals surface area contributed by atoms with Crippen molar-refractivity contribution in [1.82, 2.24) is 19.5 Å². The molecule has 2 aromatic heterocycles. The van der Waals surface area contributed by atoms with Gasteiger partial charge in [-0.2, -0.15) is 5.10 Å². The standard InChI is InChI=1S/C33H36N6O2/c1-21-18-37(32(40)41-33(3,4)5)19-22(2)39(21)27-12-10-23(11-13-27)25-16-35-31-30(17-36-38(31)20-25)29-15-26(34)14-24-8-6-7-9-28(24)29/h6-17,20-22H,18-19,34H2,1-5H3/t21-,22+. The van der Waals surface area contributed by atoms with E-state index in [1.807, 2.05) is 73.0 Å². The van der Waals surface area contributed by atoms with Crippen LogP contribution in [-0.4, -0.2) is 56.4 Å². The number of nitrogen functional groups attached to an aromatic ring is 1. The van der Waals surface area contributed by atoms with E-state index in [1.54, 1.807) is 0 Å². The minimum absolute atomic E-state index is 0.153. The molecule has 0 spiro atoms. The van der Waals surface area contributed by atoms with E-state index in [2.05, 4.69) is 60.2 Å². The minimum atomic E-state index is -0.504. The van der Waals surface area contributed by atoms with Crippen molar-refractivity contribution in [2.24, 2.45) is 0 Å². The molecule has 8 nitrogen and oxygen atoms in total. The Bertz CT molecular complexity index is 1730. The summed E-state index contributed by atoms with van der Waals surface area (Å²) in [4.78, 5) is 21.7. The molecule has 0 unspecified atom stereocenters. The molecule has 8 heteroatoms. The molecule has 0 aliphatic carbocycles. The molecule has 2 atom stereocenters. The molecule has 210 valence electrons. The van der Waals surface area contributed by atoms with Crippen molar-refractivity contribution in [3.8, 4) is 22.3 Å². The van der Waals surface area contributed by atoms with E-state index in [0.29, 0.717) is 18.8 Å². The molecule has 1 saturated heterocycles. The zero-order chi connectivity index (χ0) is 28.9. The molecule has 3 aromatic carbocycles. The number of hydrogen-bond acceptors (Lipinski definition) is 6. The van der Waals surface area contributed by atoms with Crippen LogP contribution in [-0.2, 0) is 4.74 Å². The number of benzene rings is 3. The van der Waals surface area contributed by atoms with Gasteiger partial charge in [0.05, 0.1) is 6.20 Å². The number of nitrogens with two attached hydrogens (primary N) is 1. The van der Waals surface area contributed by atoms with Crippen molar-refractivity contribution >= 4 is 33.9 Å². The highest BCUT2D eigenvalue weighted by atomic mass is 16.6. The predicted molar refractivity (Wildman–Crippen MR) is 165 cm³/mol. The minimum Gasteiger partial charge on any atom is -0.444 e. The van der Waals surface area contributed by atoms with E-state index < -0.39 is 5.60 Å². The van der Waals surface area contributed by atoms with E-state index in [0.717, 1.165) is 44.4 Å². The van der Waals surface area contributed by atoms with Crippen molar-refractivity contribution in [3.63, 3.8) is 0 Å². The number of hydrogen-bond donors (Lipinski definition) is 1. The van der Waals surface area contributed by atoms with Gasteiger partial charge in [-0.3, -0.25) is 0 Å². The van der Waals surface area contributed by atoms with Gasteiger partial charge in [0.25, 0.3) is 0 Å². The van der Waals surface area contributed by atoms with E-state index in [4.69, 9.17) is 15.5 Å². The lowest BCUT2D eigenvalue weighted by Gasteiger charge is -2.45. The molecule has 2 N–H and O–H groups in total. The van der Waals surface area contributed by atoms with Gasteiger partial charge in [0.2, 0.25) is 0 Å². The first-order chi connectivity index (χ1) is 19.6. The Labute approximate surface area is 240 Å². The number of carbonyl (C=O) groups excluding carboxylic acids is 1. The summed E-state index contributed by atoms with van der Waals surface area (Å²) in [6.07, 6.45) is 5.52. The molecule has 1 fully saturated rings. The smallest absolute Gasteiger partial charge is 0.410 e. The molecule has 3 heterocycles. The molecule has 0 radical (unpaired) electrons. The highest BCUT2D eigenvalue weighted by molar-refractivity contribution is 6.01. The number of nitrogens with zero attached hydrogens (tertiary/aromatic N) is 5. The van der Waals surface area contributed by atoms with Gasteiger partial charge in [0, 0.05) is 60.1 Å². The average molecular weight is 549 g/mol. The fourth-order valence-electron chi connectivity index (χ4n) is 5.90. The van der Waals surface area contributed by atoms with Crippen molar-refractivity contribution in [2.45, 2.75) is 52.3 Å². The maximum Gasteiger partial charge on any atom is 0.410 e. The van der Waals surface area contributed by atoms with Gasteiger partial charge in [0.15, 0.2) is 5.65 Å². The maximum absolute atomic E-state index is 12.7. The molecule has 41 heavy (non-hydrogen) atoms. The molecule has 0 bridgehead atoms. The zero-order valence-electron chi connectivity index (χ0n) is 24.2. The van der Waals surface area contributed by atoms with Gasteiger partial charge < -0.3 is 20.3 Å². The lowest BCUT2D eigenvalue weighted by molar-refractivity contribution is 0.0193. The topological polar surface area (TPSA) is 89.0 Å². The summed E-state index contributed by atoms with van der Waals surface area (Å²) in [5, 5.41) is 6.84. The van der Waals surface area contributed by atoms with Gasteiger partial charge in [-0.25, -0.2) is 14.3 Å². The normalized spacial score (nSPS) is 17.8. The number of anilines is 2. The molecule has 0 saturated carbocycles. The third kappa shape index (κ3) is 5.17. The second kappa shape index (κ2) is 10.1. The lowest BCUT2D eigenvalue weighted by atomic mass is 9.99.